The second-order valence-electron chi connectivity index (χ2n) is 23.5. The maximum Gasteiger partial charge on any atom is 0.344 e. The second kappa shape index (κ2) is 37.7. The van der Waals surface area contributed by atoms with Gasteiger partial charge in [-0.1, -0.05) is 92.0 Å². The predicted octanol–water partition coefficient (Wildman–Crippen LogP) is 13.9. The first-order valence-electron chi connectivity index (χ1n) is 27.8. The Kier molecular flexibility index (Phi) is 38.8. The average Bonchev–Trinajstić information content (AvgIpc) is 3.37. The molecule has 0 aromatic heterocycles. The third kappa shape index (κ3) is 25.5. The fraction of sp³-hybridized carbons (Fsp3) is 0.873. The highest BCUT2D eigenvalue weighted by Crippen LogP contribution is 2.59. The molecule has 0 atom stereocenters. The Balaban J connectivity index is -0.000000524. The minimum Gasteiger partial charge on any atom is -0.463 e. The summed E-state index contributed by atoms with van der Waals surface area (Å²) in [6, 6.07) is 0. The average molecular weight is 1150 g/mol. The molecule has 0 radical (unpaired) electrons. The van der Waals surface area contributed by atoms with Crippen molar-refractivity contribution in [2.24, 2.45) is 39.9 Å². The molecule has 6 aliphatic rings. The van der Waals surface area contributed by atoms with Crippen LogP contribution < -0.4 is 0 Å². The SMILES string of the molecule is C.C.C.C.C.C.CCC(C)(C)C(=O)OCC(=O)OCC(=O)OC1(C)C2CC3CC(C2)CC1C3.CCC1(OC(=O)COC(=O)COC(=O)C(C)(C)CC)CCCCC1.CCC1(OC(=O)COCCOC(=O)C(C)(C)CC)CCCCC1. The lowest BCUT2D eigenvalue weighted by molar-refractivity contribution is -0.207. The highest BCUT2D eigenvalue weighted by Gasteiger charge is 2.57. The molecule has 0 saturated heterocycles. The standard InChI is InChI=1S/C21H32O6.C18H30O6.C18H32O5.6CH4/c1-5-20(2,3)19(24)26-11-17(22)25-12-18(23)27-21(4)15-7-13-6-14(9-15)10-16(21)8-13;1-5-17(3,4)16(21)23-12-14(19)22-13-15(20)24-18(6-2)10-8-7-9-11-18;1-5-17(3,4)16(20)22-13-12-21-14-15(19)23-18(6-2)10-8-7-9-11-18;;;;;;/h13-16H,5-12H2,1-4H3;5-13H2,1-4H3;5-14H2,1-4H3;6*1H4. The van der Waals surface area contributed by atoms with Crippen LogP contribution in [0.4, 0.5) is 0 Å². The summed E-state index contributed by atoms with van der Waals surface area (Å²) in [7, 11) is 0. The predicted molar refractivity (Wildman–Crippen MR) is 314 cm³/mol. The molecule has 6 fully saturated rings. The van der Waals surface area contributed by atoms with E-state index < -0.39 is 89.7 Å². The van der Waals surface area contributed by atoms with Gasteiger partial charge in [-0.2, -0.15) is 0 Å². The van der Waals surface area contributed by atoms with Gasteiger partial charge in [0.2, 0.25) is 0 Å². The smallest absolute Gasteiger partial charge is 0.344 e. The van der Waals surface area contributed by atoms with Crippen molar-refractivity contribution >= 4 is 47.8 Å². The van der Waals surface area contributed by atoms with Crippen molar-refractivity contribution in [2.75, 3.05) is 46.2 Å². The third-order valence-corrected chi connectivity index (χ3v) is 16.9. The monoisotopic (exact) mass is 1150 g/mol. The summed E-state index contributed by atoms with van der Waals surface area (Å²) in [6.45, 7) is 20.9. The topological polar surface area (TPSA) is 220 Å². The number of carbonyl (C=O) groups is 8. The molecule has 0 aliphatic heterocycles. The molecule has 0 aromatic carbocycles. The largest absolute Gasteiger partial charge is 0.463 e. The van der Waals surface area contributed by atoms with Gasteiger partial charge >= 0.3 is 47.8 Å². The molecule has 0 spiro atoms. The molecule has 0 heterocycles. The van der Waals surface area contributed by atoms with Gasteiger partial charge in [0.25, 0.3) is 0 Å². The van der Waals surface area contributed by atoms with Crippen molar-refractivity contribution in [3.63, 3.8) is 0 Å². The van der Waals surface area contributed by atoms with Crippen LogP contribution in [-0.2, 0) is 81.0 Å². The van der Waals surface area contributed by atoms with Crippen LogP contribution in [0.15, 0.2) is 0 Å². The van der Waals surface area contributed by atoms with E-state index in [2.05, 4.69) is 13.8 Å². The molecule has 472 valence electrons. The first-order valence-corrected chi connectivity index (χ1v) is 27.8. The van der Waals surface area contributed by atoms with Crippen LogP contribution in [0.5, 0.6) is 0 Å². The van der Waals surface area contributed by atoms with Crippen LogP contribution >= 0.6 is 0 Å². The summed E-state index contributed by atoms with van der Waals surface area (Å²) < 4.78 is 47.2. The number of esters is 8. The molecule has 0 amide bonds. The molecule has 6 aliphatic carbocycles. The first kappa shape index (κ1) is 82.2. The number of hydrogen-bond donors (Lipinski definition) is 0. The molecule has 17 heteroatoms. The van der Waals surface area contributed by atoms with Crippen molar-refractivity contribution in [1.82, 2.24) is 0 Å². The van der Waals surface area contributed by atoms with Crippen LogP contribution in [-0.4, -0.2) is 111 Å². The third-order valence-electron chi connectivity index (χ3n) is 16.9. The second-order valence-corrected chi connectivity index (χ2v) is 23.5. The molecular weight excluding hydrogens is 1030 g/mol. The molecule has 4 bridgehead atoms. The lowest BCUT2D eigenvalue weighted by Crippen LogP contribution is -2.58. The van der Waals surface area contributed by atoms with Gasteiger partial charge in [-0.25, -0.2) is 24.0 Å². The van der Waals surface area contributed by atoms with Gasteiger partial charge in [0.1, 0.15) is 30.0 Å². The zero-order valence-electron chi connectivity index (χ0n) is 47.3. The van der Waals surface area contributed by atoms with Crippen molar-refractivity contribution in [1.29, 1.82) is 0 Å². The Morgan fingerprint density at radius 1 is 0.388 bits per heavy atom. The summed E-state index contributed by atoms with van der Waals surface area (Å²) in [5.41, 5.74) is -2.92. The number of rotatable bonds is 24. The van der Waals surface area contributed by atoms with E-state index in [-0.39, 0.29) is 81.9 Å². The summed E-state index contributed by atoms with van der Waals surface area (Å²) in [4.78, 5) is 94.9. The quantitative estimate of drug-likeness (QED) is 0.0498. The van der Waals surface area contributed by atoms with Crippen LogP contribution in [0, 0.1) is 39.9 Å². The van der Waals surface area contributed by atoms with E-state index in [9.17, 15) is 38.4 Å². The van der Waals surface area contributed by atoms with Gasteiger partial charge in [-0.05, 0) is 188 Å². The normalized spacial score (nSPS) is 21.7. The minimum absolute atomic E-state index is 0. The molecule has 0 N–H and O–H groups in total. The summed E-state index contributed by atoms with van der Waals surface area (Å²) >= 11 is 0. The zero-order valence-corrected chi connectivity index (χ0v) is 47.3. The van der Waals surface area contributed by atoms with Crippen molar-refractivity contribution < 1.29 is 81.0 Å². The maximum atomic E-state index is 12.3. The van der Waals surface area contributed by atoms with Gasteiger partial charge in [-0.15, -0.1) is 0 Å². The van der Waals surface area contributed by atoms with Gasteiger partial charge in [-0.3, -0.25) is 14.4 Å². The Labute approximate surface area is 486 Å². The highest BCUT2D eigenvalue weighted by molar-refractivity contribution is 5.82. The van der Waals surface area contributed by atoms with E-state index in [1.165, 1.54) is 12.8 Å². The van der Waals surface area contributed by atoms with E-state index in [0.29, 0.717) is 24.7 Å². The summed E-state index contributed by atoms with van der Waals surface area (Å²) in [6.07, 6.45) is 19.7. The molecule has 0 unspecified atom stereocenters. The molecule has 0 aromatic rings. The van der Waals surface area contributed by atoms with Gasteiger partial charge in [0.05, 0.1) is 22.9 Å². The molecule has 17 nitrogen and oxygen atoms in total. The number of hydrogen-bond acceptors (Lipinski definition) is 17. The maximum absolute atomic E-state index is 12.3. The van der Waals surface area contributed by atoms with Gasteiger partial charge in [0.15, 0.2) is 26.4 Å². The highest BCUT2D eigenvalue weighted by atomic mass is 16.6. The fourth-order valence-electron chi connectivity index (χ4n) is 10.5. The lowest BCUT2D eigenvalue weighted by atomic mass is 9.50. The van der Waals surface area contributed by atoms with Gasteiger partial charge < -0.3 is 42.6 Å². The molecule has 6 saturated carbocycles. The Hall–Kier alpha value is -4.28. The summed E-state index contributed by atoms with van der Waals surface area (Å²) in [5.74, 6) is -1.60. The Morgan fingerprint density at radius 3 is 1.04 bits per heavy atom. The lowest BCUT2D eigenvalue weighted by Gasteiger charge is -2.59. The zero-order chi connectivity index (χ0) is 55.4. The molecule has 6 rings (SSSR count). The van der Waals surface area contributed by atoms with E-state index in [1.54, 1.807) is 27.7 Å². The Morgan fingerprint density at radius 2 is 0.700 bits per heavy atom. The van der Waals surface area contributed by atoms with E-state index in [4.69, 9.17) is 42.6 Å². The molecular formula is C63H118O17. The van der Waals surface area contributed by atoms with Crippen molar-refractivity contribution in [3.05, 3.63) is 0 Å². The van der Waals surface area contributed by atoms with E-state index >= 15 is 0 Å². The van der Waals surface area contributed by atoms with Crippen LogP contribution in [0.2, 0.25) is 0 Å². The molecule has 80 heavy (non-hydrogen) atoms. The van der Waals surface area contributed by atoms with Crippen molar-refractivity contribution in [2.45, 2.75) is 273 Å². The van der Waals surface area contributed by atoms with Gasteiger partial charge in [0, 0.05) is 0 Å². The Bertz CT molecular complexity index is 1830. The fourth-order valence-corrected chi connectivity index (χ4v) is 10.5. The number of ether oxygens (including phenoxy) is 9. The van der Waals surface area contributed by atoms with E-state index in [0.717, 1.165) is 115 Å². The van der Waals surface area contributed by atoms with Crippen LogP contribution in [0.25, 0.3) is 0 Å². The van der Waals surface area contributed by atoms with Crippen LogP contribution in [0.1, 0.15) is 256 Å². The van der Waals surface area contributed by atoms with Crippen LogP contribution in [0.3, 0.4) is 0 Å². The minimum atomic E-state index is -0.749. The number of carbonyl (C=O) groups excluding carboxylic acids is 8. The first-order chi connectivity index (χ1) is 34.7. The van der Waals surface area contributed by atoms with E-state index in [1.807, 2.05) is 41.5 Å². The van der Waals surface area contributed by atoms with Crippen molar-refractivity contribution in [3.8, 4) is 0 Å². The summed E-state index contributed by atoms with van der Waals surface area (Å²) in [5, 5.41) is 0.